The molecule has 14 heteroatoms. The highest BCUT2D eigenvalue weighted by Crippen LogP contribution is 2.31. The molecule has 3 aromatic carbocycles. The van der Waals surface area contributed by atoms with Crippen LogP contribution < -0.4 is 15.8 Å². The summed E-state index contributed by atoms with van der Waals surface area (Å²) < 4.78 is 109. The Kier molecular flexibility index (Phi) is 11.8. The molecule has 4 rings (SSSR count). The second-order valence-corrected chi connectivity index (χ2v) is 10.8. The lowest BCUT2D eigenvalue weighted by atomic mass is 9.82. The molecule has 0 aromatic heterocycles. The van der Waals surface area contributed by atoms with Gasteiger partial charge in [0.25, 0.3) is 0 Å². The van der Waals surface area contributed by atoms with Gasteiger partial charge in [-0.3, -0.25) is 9.59 Å². The smallest absolute Gasteiger partial charge is 0.389 e. The maximum absolute atomic E-state index is 14.9. The fraction of sp³-hybridized carbons (Fsp3) is 0.375. The summed E-state index contributed by atoms with van der Waals surface area (Å²) in [5, 5.41) is 2.99. The number of Topliss-reactive ketones (excluding diaryl/α,β-unsaturated/α-hetero) is 1. The van der Waals surface area contributed by atoms with Crippen molar-refractivity contribution in [2.24, 2.45) is 5.73 Å². The molecule has 3 N–H and O–H groups in total. The zero-order valence-corrected chi connectivity index (χ0v) is 24.3. The van der Waals surface area contributed by atoms with Crippen LogP contribution in [0.3, 0.4) is 0 Å². The van der Waals surface area contributed by atoms with Gasteiger partial charge in [-0.2, -0.15) is 13.2 Å². The minimum Gasteiger partial charge on any atom is -0.487 e. The molecule has 1 aliphatic rings. The van der Waals surface area contributed by atoms with Crippen molar-refractivity contribution in [3.05, 3.63) is 101 Å². The van der Waals surface area contributed by atoms with Crippen molar-refractivity contribution >= 4 is 11.8 Å². The first kappa shape index (κ1) is 34.9. The Morgan fingerprint density at radius 1 is 0.913 bits per heavy atom. The molecule has 0 saturated carbocycles. The molecule has 0 radical (unpaired) electrons. The van der Waals surface area contributed by atoms with Crippen LogP contribution in [-0.4, -0.2) is 62.5 Å². The largest absolute Gasteiger partial charge is 0.487 e. The number of hydrogen-bond donors (Lipinski definition) is 2. The Hall–Kier alpha value is -4.01. The molecule has 0 unspecified atom stereocenters. The van der Waals surface area contributed by atoms with Crippen molar-refractivity contribution in [3.63, 3.8) is 0 Å². The Labute approximate surface area is 259 Å². The molecule has 1 saturated heterocycles. The molecule has 46 heavy (non-hydrogen) atoms. The average Bonchev–Trinajstić information content (AvgIpc) is 3.00. The van der Waals surface area contributed by atoms with E-state index in [0.717, 1.165) is 6.07 Å². The summed E-state index contributed by atoms with van der Waals surface area (Å²) in [5.41, 5.74) is 7.19. The van der Waals surface area contributed by atoms with Crippen LogP contribution in [0.15, 0.2) is 60.7 Å². The monoisotopic (exact) mass is 656 g/mol. The molecule has 0 amide bonds. The Morgan fingerprint density at radius 2 is 1.52 bits per heavy atom. The summed E-state index contributed by atoms with van der Waals surface area (Å²) in [4.78, 5) is 25.0. The number of benzene rings is 3. The first-order valence-corrected chi connectivity index (χ1v) is 14.3. The third-order valence-electron chi connectivity index (χ3n) is 7.28. The van der Waals surface area contributed by atoms with E-state index in [2.05, 4.69) is 5.32 Å². The highest BCUT2D eigenvalue weighted by Gasteiger charge is 2.31. The van der Waals surface area contributed by atoms with Gasteiger partial charge in [0.1, 0.15) is 36.8 Å². The molecule has 0 spiro atoms. The molecule has 3 aromatic rings. The van der Waals surface area contributed by atoms with E-state index >= 15 is 0 Å². The third-order valence-corrected chi connectivity index (χ3v) is 7.28. The van der Waals surface area contributed by atoms with Crippen LogP contribution in [0.2, 0.25) is 0 Å². The molecule has 0 bridgehead atoms. The molecule has 1 fully saturated rings. The highest BCUT2D eigenvalue weighted by molar-refractivity contribution is 5.88. The number of nitrogens with one attached hydrogen (secondary N) is 1. The summed E-state index contributed by atoms with van der Waals surface area (Å²) >= 11 is 0. The zero-order valence-electron chi connectivity index (χ0n) is 24.3. The van der Waals surface area contributed by atoms with E-state index in [4.69, 9.17) is 19.9 Å². The molecule has 1 heterocycles. The van der Waals surface area contributed by atoms with E-state index in [9.17, 15) is 40.3 Å². The van der Waals surface area contributed by atoms with Gasteiger partial charge in [0.15, 0.2) is 17.3 Å². The SMILES string of the molecule is N[C@H](C(=O)Cc1cc(F)cc(F)c1OC[C@@H]1CN[C@H](COC(=O)CCC(F)(F)F)CO1)C(c1ccc(F)cc1)c1ccc(F)cc1. The van der Waals surface area contributed by atoms with Crippen LogP contribution in [-0.2, 0) is 25.5 Å². The summed E-state index contributed by atoms with van der Waals surface area (Å²) in [5.74, 6) is -5.93. The number of alkyl halides is 3. The molecular weight excluding hydrogens is 625 g/mol. The Morgan fingerprint density at radius 3 is 2.07 bits per heavy atom. The number of carbonyl (C=O) groups is 2. The van der Waals surface area contributed by atoms with Crippen LogP contribution in [0.1, 0.15) is 35.4 Å². The van der Waals surface area contributed by atoms with Crippen LogP contribution in [0.4, 0.5) is 30.7 Å². The predicted octanol–water partition coefficient (Wildman–Crippen LogP) is 5.14. The number of carbonyl (C=O) groups excluding carboxylic acids is 2. The number of ether oxygens (including phenoxy) is 3. The summed E-state index contributed by atoms with van der Waals surface area (Å²) in [6, 6.07) is 10.3. The van der Waals surface area contributed by atoms with Gasteiger partial charge in [-0.25, -0.2) is 17.6 Å². The standard InChI is InChI=1S/C32H31F7N2O5/c33-21-5-1-18(2-6-21)29(19-3-7-22(34)8-4-19)30(40)27(42)12-20-11-23(35)13-26(36)31(20)46-17-25-14-41-24(15-44-25)16-45-28(43)9-10-32(37,38)39/h1-8,11,13,24-25,29-30,41H,9-10,12,14-17,40H2/t24-,25-,30+/m0/s1. The normalized spacial score (nSPS) is 17.5. The van der Waals surface area contributed by atoms with Crippen LogP contribution in [0, 0.1) is 23.3 Å². The second kappa shape index (κ2) is 15.5. The van der Waals surface area contributed by atoms with Gasteiger partial charge in [-0.1, -0.05) is 24.3 Å². The Balaban J connectivity index is 1.38. The van der Waals surface area contributed by atoms with Gasteiger partial charge in [0.2, 0.25) is 0 Å². The molecular formula is C32H31F7N2O5. The first-order valence-electron chi connectivity index (χ1n) is 14.3. The average molecular weight is 657 g/mol. The van der Waals surface area contributed by atoms with E-state index in [0.29, 0.717) is 17.2 Å². The lowest BCUT2D eigenvalue weighted by Gasteiger charge is -2.30. The van der Waals surface area contributed by atoms with Gasteiger partial charge in [0.05, 0.1) is 31.5 Å². The van der Waals surface area contributed by atoms with Crippen LogP contribution in [0.25, 0.3) is 0 Å². The Bertz CT molecular complexity index is 1430. The lowest BCUT2D eigenvalue weighted by molar-refractivity contribution is -0.158. The predicted molar refractivity (Wildman–Crippen MR) is 151 cm³/mol. The maximum atomic E-state index is 14.9. The summed E-state index contributed by atoms with van der Waals surface area (Å²) in [7, 11) is 0. The van der Waals surface area contributed by atoms with Crippen molar-refractivity contribution < 1.29 is 54.5 Å². The van der Waals surface area contributed by atoms with Crippen LogP contribution in [0.5, 0.6) is 5.75 Å². The van der Waals surface area contributed by atoms with Crippen molar-refractivity contribution in [1.29, 1.82) is 0 Å². The van der Waals surface area contributed by atoms with E-state index in [1.807, 2.05) is 0 Å². The van der Waals surface area contributed by atoms with Crippen molar-refractivity contribution in [3.8, 4) is 5.75 Å². The minimum atomic E-state index is -4.47. The van der Waals surface area contributed by atoms with E-state index < -0.39 is 90.3 Å². The molecule has 0 aliphatic carbocycles. The lowest BCUT2D eigenvalue weighted by Crippen LogP contribution is -2.50. The van der Waals surface area contributed by atoms with Gasteiger partial charge < -0.3 is 25.3 Å². The fourth-order valence-corrected chi connectivity index (χ4v) is 4.91. The first-order chi connectivity index (χ1) is 21.8. The minimum absolute atomic E-state index is 0.000827. The maximum Gasteiger partial charge on any atom is 0.389 e. The van der Waals surface area contributed by atoms with Gasteiger partial charge in [-0.05, 0) is 41.5 Å². The van der Waals surface area contributed by atoms with Gasteiger partial charge >= 0.3 is 12.1 Å². The molecule has 248 valence electrons. The van der Waals surface area contributed by atoms with Gasteiger partial charge in [-0.15, -0.1) is 0 Å². The molecule has 7 nitrogen and oxygen atoms in total. The number of hydrogen-bond acceptors (Lipinski definition) is 7. The number of rotatable bonds is 13. The van der Waals surface area contributed by atoms with E-state index in [1.165, 1.54) is 48.5 Å². The topological polar surface area (TPSA) is 99.9 Å². The molecule has 3 atom stereocenters. The fourth-order valence-electron chi connectivity index (χ4n) is 4.91. The zero-order chi connectivity index (χ0) is 33.4. The number of morpholine rings is 1. The van der Waals surface area contributed by atoms with E-state index in [1.54, 1.807) is 0 Å². The van der Waals surface area contributed by atoms with Crippen molar-refractivity contribution in [2.75, 3.05) is 26.4 Å². The number of esters is 1. The molecule has 1 aliphatic heterocycles. The van der Waals surface area contributed by atoms with Crippen molar-refractivity contribution in [2.45, 2.75) is 49.5 Å². The highest BCUT2D eigenvalue weighted by atomic mass is 19.4. The summed E-state index contributed by atoms with van der Waals surface area (Å²) in [6.45, 7) is -0.306. The van der Waals surface area contributed by atoms with Gasteiger partial charge in [0, 0.05) is 30.5 Å². The van der Waals surface area contributed by atoms with Crippen molar-refractivity contribution in [1.82, 2.24) is 5.32 Å². The summed E-state index contributed by atoms with van der Waals surface area (Å²) in [6.07, 6.45) is -7.74. The second-order valence-electron chi connectivity index (χ2n) is 10.8. The van der Waals surface area contributed by atoms with E-state index in [-0.39, 0.29) is 31.9 Å². The quantitative estimate of drug-likeness (QED) is 0.194. The number of ketones is 1. The number of nitrogens with two attached hydrogens (primary N) is 1. The third kappa shape index (κ3) is 9.99. The van der Waals surface area contributed by atoms with Crippen LogP contribution >= 0.6 is 0 Å². The number of halogens is 7.